The van der Waals surface area contributed by atoms with E-state index in [1.807, 2.05) is 0 Å². The molecule has 4 fully saturated rings. The highest BCUT2D eigenvalue weighted by Gasteiger charge is 2.64. The van der Waals surface area contributed by atoms with Gasteiger partial charge in [-0.1, -0.05) is 93.6 Å². The van der Waals surface area contributed by atoms with Gasteiger partial charge in [0.05, 0.1) is 4.87 Å². The molecule has 2 aromatic rings. The summed E-state index contributed by atoms with van der Waals surface area (Å²) in [5.41, 5.74) is 3.31. The first kappa shape index (κ1) is 30.0. The Bertz CT molecular complexity index is 1220. The molecule has 0 N–H and O–H groups in total. The van der Waals surface area contributed by atoms with Crippen molar-refractivity contribution in [3.05, 3.63) is 83.9 Å². The van der Waals surface area contributed by atoms with Gasteiger partial charge in [0.25, 0.3) is 0 Å². The van der Waals surface area contributed by atoms with Crippen molar-refractivity contribution in [2.45, 2.75) is 109 Å². The van der Waals surface area contributed by atoms with Gasteiger partial charge >= 0.3 is 5.97 Å². The van der Waals surface area contributed by atoms with Gasteiger partial charge in [0.1, 0.15) is 6.10 Å². The number of ether oxygens (including phenoxy) is 1. The van der Waals surface area contributed by atoms with Gasteiger partial charge in [-0.25, -0.2) is 0 Å². The van der Waals surface area contributed by atoms with Crippen molar-refractivity contribution in [2.24, 2.45) is 40.4 Å². The predicted molar refractivity (Wildman–Crippen MR) is 174 cm³/mol. The molecule has 4 aliphatic carbocycles. The van der Waals surface area contributed by atoms with E-state index < -0.39 is 0 Å². The fourth-order valence-electron chi connectivity index (χ4n) is 10.8. The van der Waals surface area contributed by atoms with Gasteiger partial charge in [-0.05, 0) is 109 Å². The van der Waals surface area contributed by atoms with Crippen LogP contribution in [0.1, 0.15) is 109 Å². The van der Waals surface area contributed by atoms with Gasteiger partial charge < -0.3 is 4.74 Å². The molecule has 226 valence electrons. The van der Waals surface area contributed by atoms with Crippen LogP contribution in [-0.2, 0) is 9.53 Å². The summed E-state index contributed by atoms with van der Waals surface area (Å²) in [6.07, 6.45) is 16.7. The highest BCUT2D eigenvalue weighted by atomic mass is 35.5. The first-order valence-corrected chi connectivity index (χ1v) is 17.1. The number of carbonyl (C=O) groups is 1. The van der Waals surface area contributed by atoms with E-state index in [9.17, 15) is 4.79 Å². The second-order valence-electron chi connectivity index (χ2n) is 14.9. The van der Waals surface area contributed by atoms with Gasteiger partial charge in [-0.2, -0.15) is 0 Å². The minimum Gasteiger partial charge on any atom is -0.462 e. The Hall–Kier alpha value is -2.06. The molecule has 42 heavy (non-hydrogen) atoms. The van der Waals surface area contributed by atoms with Crippen LogP contribution in [0.3, 0.4) is 0 Å². The molecule has 9 atom stereocenters. The van der Waals surface area contributed by atoms with Crippen LogP contribution in [0.25, 0.3) is 0 Å². The molecule has 0 saturated heterocycles. The minimum absolute atomic E-state index is 0.00775. The number of carbonyl (C=O) groups excluding carboxylic acids is 1. The van der Waals surface area contributed by atoms with E-state index in [2.05, 4.69) is 93.6 Å². The smallest absolute Gasteiger partial charge is 0.302 e. The molecule has 0 amide bonds. The number of benzene rings is 2. The van der Waals surface area contributed by atoms with Crippen molar-refractivity contribution < 1.29 is 9.53 Å². The molecule has 2 aromatic carbocycles. The van der Waals surface area contributed by atoms with Crippen molar-refractivity contribution in [3.8, 4) is 0 Å². The van der Waals surface area contributed by atoms with Crippen LogP contribution in [0.15, 0.2) is 72.8 Å². The second kappa shape index (κ2) is 11.8. The second-order valence-corrected chi connectivity index (χ2v) is 15.7. The standard InChI is InChI=1S/C39H51ClO2/c1-27(12-11-17-32(29-13-7-5-8-14-29)30-15-9-6-10-16-30)34-18-19-35-33-21-25-39(40)26-31(42-28(2)41)20-24-38(39,4)36(33)22-23-37(34,35)3/h5-11,13-17,27,31-36H,12,18-26H2,1-4H3/b17-11+/t27-,31-,33-,34+,35+,36-,37-,38-,39-/m1/s1. The highest BCUT2D eigenvalue weighted by molar-refractivity contribution is 6.24. The minimum atomic E-state index is -0.232. The summed E-state index contributed by atoms with van der Waals surface area (Å²) < 4.78 is 5.68. The molecule has 4 aliphatic rings. The van der Waals surface area contributed by atoms with Crippen LogP contribution in [0, 0.1) is 40.4 Å². The van der Waals surface area contributed by atoms with E-state index in [0.717, 1.165) is 49.9 Å². The zero-order chi connectivity index (χ0) is 29.5. The van der Waals surface area contributed by atoms with Crippen LogP contribution >= 0.6 is 11.6 Å². The number of hydrogen-bond donors (Lipinski definition) is 0. The Morgan fingerprint density at radius 1 is 0.905 bits per heavy atom. The lowest BCUT2D eigenvalue weighted by Crippen LogP contribution is -2.60. The Balaban J connectivity index is 1.15. The lowest BCUT2D eigenvalue weighted by atomic mass is 9.44. The normalized spacial score (nSPS) is 38.5. The number of fused-ring (bicyclic) bond motifs is 5. The molecule has 4 saturated carbocycles. The SMILES string of the molecule is CC(=O)O[C@@H]1CC[C@]2(C)[C@@H]3CC[C@@]4(C)[C@@H](CC[C@H]4[C@H](C)C/C=C/C(c4ccccc4)c4ccccc4)[C@H]3CC[C@@]2(Cl)C1. The predicted octanol–water partition coefficient (Wildman–Crippen LogP) is 10.4. The van der Waals surface area contributed by atoms with Crippen molar-refractivity contribution in [1.82, 2.24) is 0 Å². The van der Waals surface area contributed by atoms with Gasteiger partial charge in [0.2, 0.25) is 0 Å². The fourth-order valence-corrected chi connectivity index (χ4v) is 11.3. The summed E-state index contributed by atoms with van der Waals surface area (Å²) in [4.78, 5) is 11.5. The van der Waals surface area contributed by atoms with Gasteiger partial charge in [0.15, 0.2) is 0 Å². The van der Waals surface area contributed by atoms with E-state index in [0.29, 0.717) is 23.2 Å². The maximum absolute atomic E-state index is 11.7. The van der Waals surface area contributed by atoms with Gasteiger partial charge in [0, 0.05) is 19.3 Å². The summed E-state index contributed by atoms with van der Waals surface area (Å²) in [6, 6.07) is 21.9. The van der Waals surface area contributed by atoms with Crippen molar-refractivity contribution >= 4 is 17.6 Å². The van der Waals surface area contributed by atoms with E-state index in [4.69, 9.17) is 16.3 Å². The monoisotopic (exact) mass is 586 g/mol. The number of allylic oxidation sites excluding steroid dienone is 2. The summed E-state index contributed by atoms with van der Waals surface area (Å²) in [7, 11) is 0. The maximum atomic E-state index is 11.7. The van der Waals surface area contributed by atoms with Crippen molar-refractivity contribution in [3.63, 3.8) is 0 Å². The van der Waals surface area contributed by atoms with E-state index in [1.165, 1.54) is 50.2 Å². The zero-order valence-electron chi connectivity index (χ0n) is 26.2. The lowest BCUT2D eigenvalue weighted by Gasteiger charge is -2.64. The van der Waals surface area contributed by atoms with E-state index in [-0.39, 0.29) is 22.4 Å². The third-order valence-corrected chi connectivity index (χ3v) is 13.7. The fraction of sp³-hybridized carbons (Fsp3) is 0.615. The zero-order valence-corrected chi connectivity index (χ0v) is 27.0. The van der Waals surface area contributed by atoms with Crippen molar-refractivity contribution in [2.75, 3.05) is 0 Å². The van der Waals surface area contributed by atoms with Gasteiger partial charge in [-0.3, -0.25) is 4.79 Å². The highest BCUT2D eigenvalue weighted by Crippen LogP contribution is 2.70. The number of hydrogen-bond acceptors (Lipinski definition) is 2. The first-order chi connectivity index (χ1) is 20.1. The average molecular weight is 587 g/mol. The average Bonchev–Trinajstić information content (AvgIpc) is 3.34. The topological polar surface area (TPSA) is 26.3 Å². The molecule has 6 rings (SSSR count). The molecule has 0 aromatic heterocycles. The molecule has 2 nitrogen and oxygen atoms in total. The van der Waals surface area contributed by atoms with Crippen LogP contribution in [-0.4, -0.2) is 16.9 Å². The number of alkyl halides is 1. The summed E-state index contributed by atoms with van der Waals surface area (Å²) >= 11 is 7.55. The molecule has 0 heterocycles. The van der Waals surface area contributed by atoms with Crippen LogP contribution in [0.2, 0.25) is 0 Å². The van der Waals surface area contributed by atoms with E-state index >= 15 is 0 Å². The summed E-state index contributed by atoms with van der Waals surface area (Å²) in [6.45, 7) is 9.22. The molecule has 0 aliphatic heterocycles. The molecule has 0 radical (unpaired) electrons. The lowest BCUT2D eigenvalue weighted by molar-refractivity contribution is -0.157. The maximum Gasteiger partial charge on any atom is 0.302 e. The molecular weight excluding hydrogens is 536 g/mol. The third kappa shape index (κ3) is 5.29. The molecular formula is C39H51ClO2. The van der Waals surface area contributed by atoms with Crippen LogP contribution < -0.4 is 0 Å². The number of rotatable bonds is 7. The molecule has 0 bridgehead atoms. The Morgan fingerprint density at radius 3 is 2.21 bits per heavy atom. The summed E-state index contributed by atoms with van der Waals surface area (Å²) in [5.74, 6) is 3.92. The molecule has 0 spiro atoms. The van der Waals surface area contributed by atoms with Crippen LogP contribution in [0.4, 0.5) is 0 Å². The first-order valence-electron chi connectivity index (χ1n) is 16.8. The molecule has 0 unspecified atom stereocenters. The molecule has 3 heteroatoms. The quantitative estimate of drug-likeness (QED) is 0.183. The van der Waals surface area contributed by atoms with Crippen molar-refractivity contribution in [1.29, 1.82) is 0 Å². The van der Waals surface area contributed by atoms with Gasteiger partial charge in [-0.15, -0.1) is 11.6 Å². The van der Waals surface area contributed by atoms with Crippen LogP contribution in [0.5, 0.6) is 0 Å². The third-order valence-electron chi connectivity index (χ3n) is 12.9. The number of esters is 1. The largest absolute Gasteiger partial charge is 0.462 e. The Kier molecular flexibility index (Phi) is 8.42. The Morgan fingerprint density at radius 2 is 1.57 bits per heavy atom. The summed E-state index contributed by atoms with van der Waals surface area (Å²) in [5, 5.41) is 0. The number of halogens is 1. The Labute approximate surface area is 259 Å². The van der Waals surface area contributed by atoms with E-state index in [1.54, 1.807) is 0 Å².